The van der Waals surface area contributed by atoms with Crippen molar-refractivity contribution < 1.29 is 18.0 Å². The summed E-state index contributed by atoms with van der Waals surface area (Å²) in [5.41, 5.74) is 2.58. The first-order valence-electron chi connectivity index (χ1n) is 13.0. The molecule has 3 heterocycles. The minimum absolute atomic E-state index is 0.0408. The number of carbonyl (C=O) groups excluding carboxylic acids is 1. The van der Waals surface area contributed by atoms with Gasteiger partial charge in [-0.1, -0.05) is 12.1 Å². The number of anilines is 3. The van der Waals surface area contributed by atoms with E-state index in [9.17, 15) is 18.0 Å². The van der Waals surface area contributed by atoms with Crippen LogP contribution >= 0.6 is 0 Å². The Labute approximate surface area is 230 Å². The van der Waals surface area contributed by atoms with Crippen molar-refractivity contribution in [2.45, 2.75) is 31.9 Å². The van der Waals surface area contributed by atoms with Crippen LogP contribution in [0, 0.1) is 6.92 Å². The van der Waals surface area contributed by atoms with Crippen LogP contribution in [0.3, 0.4) is 0 Å². The molecule has 0 atom stereocenters. The molecule has 1 fully saturated rings. The number of nitrogens with zero attached hydrogens (tertiary/aromatic N) is 4. The summed E-state index contributed by atoms with van der Waals surface area (Å²) in [4.78, 5) is 28.2. The van der Waals surface area contributed by atoms with Gasteiger partial charge in [0.05, 0.1) is 16.8 Å². The summed E-state index contributed by atoms with van der Waals surface area (Å²) in [5.74, 6) is -0.456. The van der Waals surface area contributed by atoms with Gasteiger partial charge in [-0.2, -0.15) is 13.2 Å². The summed E-state index contributed by atoms with van der Waals surface area (Å²) < 4.78 is 42.2. The van der Waals surface area contributed by atoms with E-state index < -0.39 is 23.2 Å². The Morgan fingerprint density at radius 1 is 1.02 bits per heavy atom. The predicted molar refractivity (Wildman–Crippen MR) is 149 cm³/mol. The van der Waals surface area contributed by atoms with E-state index >= 15 is 0 Å². The van der Waals surface area contributed by atoms with E-state index in [4.69, 9.17) is 0 Å². The summed E-state index contributed by atoms with van der Waals surface area (Å²) in [6, 6.07) is 14.6. The number of benzene rings is 2. The lowest BCUT2D eigenvalue weighted by atomic mass is 9.87. The SMILES string of the molecule is Cc1ccc(NC(=O)c2ccc(C3CCN(C)CC3)cc2C(F)(F)F)cc1Nc1nccc(-c2cccnc2)n1. The van der Waals surface area contributed by atoms with Gasteiger partial charge in [0.2, 0.25) is 5.95 Å². The second-order valence-electron chi connectivity index (χ2n) is 10.00. The Morgan fingerprint density at radius 3 is 2.55 bits per heavy atom. The molecule has 2 aromatic carbocycles. The maximum Gasteiger partial charge on any atom is 0.417 e. The van der Waals surface area contributed by atoms with Crippen molar-refractivity contribution in [1.82, 2.24) is 19.9 Å². The quantitative estimate of drug-likeness (QED) is 0.281. The van der Waals surface area contributed by atoms with E-state index in [2.05, 4.69) is 30.5 Å². The maximum absolute atomic E-state index is 14.1. The van der Waals surface area contributed by atoms with Gasteiger partial charge in [0.1, 0.15) is 0 Å². The fourth-order valence-electron chi connectivity index (χ4n) is 4.84. The number of hydrogen-bond acceptors (Lipinski definition) is 6. The number of aryl methyl sites for hydroxylation is 1. The third-order valence-corrected chi connectivity index (χ3v) is 7.14. The molecule has 1 aliphatic rings. The number of carbonyl (C=O) groups is 1. The summed E-state index contributed by atoms with van der Waals surface area (Å²) in [7, 11) is 2.00. The van der Waals surface area contributed by atoms with Crippen LogP contribution in [0.25, 0.3) is 11.3 Å². The van der Waals surface area contributed by atoms with Crippen LogP contribution in [-0.2, 0) is 6.18 Å². The van der Waals surface area contributed by atoms with Crippen molar-refractivity contribution in [2.75, 3.05) is 30.8 Å². The molecule has 0 radical (unpaired) electrons. The van der Waals surface area contributed by atoms with Gasteiger partial charge in [-0.3, -0.25) is 9.78 Å². The third-order valence-electron chi connectivity index (χ3n) is 7.14. The van der Waals surface area contributed by atoms with Crippen LogP contribution in [0.4, 0.5) is 30.5 Å². The molecular formula is C30H29F3N6O. The maximum atomic E-state index is 14.1. The van der Waals surface area contributed by atoms with Crippen molar-refractivity contribution in [3.63, 3.8) is 0 Å². The minimum Gasteiger partial charge on any atom is -0.324 e. The van der Waals surface area contributed by atoms with Gasteiger partial charge in [-0.05, 0) is 99.4 Å². The van der Waals surface area contributed by atoms with Crippen LogP contribution in [0.15, 0.2) is 73.2 Å². The average Bonchev–Trinajstić information content (AvgIpc) is 2.95. The molecule has 2 N–H and O–H groups in total. The van der Waals surface area contributed by atoms with Gasteiger partial charge in [0.15, 0.2) is 0 Å². The number of halogens is 3. The number of pyridine rings is 1. The van der Waals surface area contributed by atoms with Crippen LogP contribution in [-0.4, -0.2) is 45.9 Å². The highest BCUT2D eigenvalue weighted by molar-refractivity contribution is 6.05. The number of nitrogens with one attached hydrogen (secondary N) is 2. The van der Waals surface area contributed by atoms with Gasteiger partial charge < -0.3 is 15.5 Å². The first kappa shape index (κ1) is 27.3. The summed E-state index contributed by atoms with van der Waals surface area (Å²) in [5, 5.41) is 5.77. The molecule has 10 heteroatoms. The molecule has 0 bridgehead atoms. The van der Waals surface area contributed by atoms with Gasteiger partial charge in [0, 0.05) is 35.5 Å². The summed E-state index contributed by atoms with van der Waals surface area (Å²) in [6.45, 7) is 3.52. The Hall–Kier alpha value is -4.31. The lowest BCUT2D eigenvalue weighted by Gasteiger charge is -2.29. The summed E-state index contributed by atoms with van der Waals surface area (Å²) in [6.07, 6.45) is 1.90. The van der Waals surface area contributed by atoms with Gasteiger partial charge in [-0.25, -0.2) is 9.97 Å². The third kappa shape index (κ3) is 6.28. The number of aromatic nitrogens is 3. The second-order valence-corrected chi connectivity index (χ2v) is 10.00. The van der Waals surface area contributed by atoms with Crippen molar-refractivity contribution >= 4 is 23.2 Å². The molecular weight excluding hydrogens is 517 g/mol. The van der Waals surface area contributed by atoms with E-state index in [1.165, 1.54) is 6.07 Å². The number of rotatable bonds is 6. The average molecular weight is 547 g/mol. The molecule has 206 valence electrons. The molecule has 1 amide bonds. The van der Waals surface area contributed by atoms with Crippen LogP contribution in [0.5, 0.6) is 0 Å². The van der Waals surface area contributed by atoms with Crippen LogP contribution in [0.1, 0.15) is 45.8 Å². The number of hydrogen-bond donors (Lipinski definition) is 2. The second kappa shape index (κ2) is 11.4. The van der Waals surface area contributed by atoms with Crippen molar-refractivity contribution in [3.05, 3.63) is 95.4 Å². The smallest absolute Gasteiger partial charge is 0.324 e. The van der Waals surface area contributed by atoms with Gasteiger partial charge >= 0.3 is 6.18 Å². The molecule has 7 nitrogen and oxygen atoms in total. The molecule has 0 unspecified atom stereocenters. The van der Waals surface area contributed by atoms with Crippen molar-refractivity contribution in [2.24, 2.45) is 0 Å². The zero-order valence-corrected chi connectivity index (χ0v) is 22.2. The van der Waals surface area contributed by atoms with Crippen molar-refractivity contribution in [1.29, 1.82) is 0 Å². The number of amides is 1. The van der Waals surface area contributed by atoms with Gasteiger partial charge in [-0.15, -0.1) is 0 Å². The Balaban J connectivity index is 1.36. The van der Waals surface area contributed by atoms with Crippen LogP contribution in [0.2, 0.25) is 0 Å². The number of alkyl halides is 3. The molecule has 0 aliphatic carbocycles. The van der Waals surface area contributed by atoms with E-state index in [-0.39, 0.29) is 5.92 Å². The first-order valence-corrected chi connectivity index (χ1v) is 13.0. The normalized spacial score (nSPS) is 14.6. The summed E-state index contributed by atoms with van der Waals surface area (Å²) >= 11 is 0. The fraction of sp³-hybridized carbons (Fsp3) is 0.267. The van der Waals surface area contributed by atoms with E-state index in [1.54, 1.807) is 48.9 Å². The largest absolute Gasteiger partial charge is 0.417 e. The molecule has 2 aromatic heterocycles. The van der Waals surface area contributed by atoms with E-state index in [0.29, 0.717) is 28.6 Å². The highest BCUT2D eigenvalue weighted by atomic mass is 19.4. The van der Waals surface area contributed by atoms with E-state index in [0.717, 1.165) is 43.1 Å². The van der Waals surface area contributed by atoms with Crippen LogP contribution < -0.4 is 10.6 Å². The molecule has 1 aliphatic heterocycles. The highest BCUT2D eigenvalue weighted by Gasteiger charge is 2.36. The fourth-order valence-corrected chi connectivity index (χ4v) is 4.84. The lowest BCUT2D eigenvalue weighted by Crippen LogP contribution is -2.29. The van der Waals surface area contributed by atoms with Crippen molar-refractivity contribution in [3.8, 4) is 11.3 Å². The monoisotopic (exact) mass is 546 g/mol. The predicted octanol–water partition coefficient (Wildman–Crippen LogP) is 6.67. The molecule has 40 heavy (non-hydrogen) atoms. The minimum atomic E-state index is -4.66. The van der Waals surface area contributed by atoms with Gasteiger partial charge in [0.25, 0.3) is 5.91 Å². The molecule has 0 saturated carbocycles. The molecule has 5 rings (SSSR count). The number of piperidine rings is 1. The zero-order valence-electron chi connectivity index (χ0n) is 22.2. The Morgan fingerprint density at radius 2 is 1.82 bits per heavy atom. The highest BCUT2D eigenvalue weighted by Crippen LogP contribution is 2.37. The lowest BCUT2D eigenvalue weighted by molar-refractivity contribution is -0.138. The Bertz CT molecular complexity index is 1500. The first-order chi connectivity index (χ1) is 19.2. The van der Waals surface area contributed by atoms with E-state index in [1.807, 2.05) is 26.1 Å². The standard InChI is InChI=1S/C30H29F3N6O/c1-19-5-7-23(17-27(19)38-29-35-13-9-26(37-29)22-4-3-12-34-18-22)36-28(40)24-8-6-21(16-25(24)30(31,32)33)20-10-14-39(2)15-11-20/h3-9,12-13,16-18,20H,10-11,14-15H2,1-2H3,(H,36,40)(H,35,37,38). The zero-order chi connectivity index (χ0) is 28.3. The molecule has 4 aromatic rings. The molecule has 0 spiro atoms. The Kier molecular flexibility index (Phi) is 7.79. The number of likely N-dealkylation sites (tertiary alicyclic amines) is 1. The molecule has 1 saturated heterocycles. The topological polar surface area (TPSA) is 83.0 Å².